The molecule has 1 amide bonds. The van der Waals surface area contributed by atoms with E-state index >= 15 is 0 Å². The molecule has 1 aromatic carbocycles. The summed E-state index contributed by atoms with van der Waals surface area (Å²) in [6.45, 7) is 5.92. The summed E-state index contributed by atoms with van der Waals surface area (Å²) in [5, 5.41) is 6.79. The fraction of sp³-hybridized carbons (Fsp3) is 0.444. The van der Waals surface area contributed by atoms with Gasteiger partial charge in [-0.15, -0.1) is 0 Å². The van der Waals surface area contributed by atoms with Gasteiger partial charge in [0.1, 0.15) is 11.3 Å². The first-order chi connectivity index (χ1) is 11.9. The fourth-order valence-corrected chi connectivity index (χ4v) is 2.55. The van der Waals surface area contributed by atoms with Gasteiger partial charge < -0.3 is 24.1 Å². The van der Waals surface area contributed by atoms with Gasteiger partial charge in [-0.2, -0.15) is 0 Å². The Morgan fingerprint density at radius 1 is 1.12 bits per heavy atom. The molecule has 0 atom stereocenters. The van der Waals surface area contributed by atoms with E-state index < -0.39 is 0 Å². The second-order valence-corrected chi connectivity index (χ2v) is 5.86. The number of aryl methyl sites for hydroxylation is 1. The van der Waals surface area contributed by atoms with Crippen LogP contribution in [0.25, 0.3) is 0 Å². The number of ether oxygens (including phenoxy) is 3. The zero-order valence-electron chi connectivity index (χ0n) is 15.4. The third kappa shape index (κ3) is 3.87. The van der Waals surface area contributed by atoms with Crippen molar-refractivity contribution in [3.05, 3.63) is 34.7 Å². The minimum atomic E-state index is -0.237. The van der Waals surface area contributed by atoms with E-state index in [9.17, 15) is 4.79 Å². The number of carbonyl (C=O) groups is 1. The highest BCUT2D eigenvalue weighted by atomic mass is 16.5. The zero-order valence-corrected chi connectivity index (χ0v) is 15.4. The summed E-state index contributed by atoms with van der Waals surface area (Å²) in [5.74, 6) is 2.14. The molecule has 0 unspecified atom stereocenters. The fourth-order valence-electron chi connectivity index (χ4n) is 2.55. The number of aromatic nitrogens is 1. The average molecular weight is 348 g/mol. The number of rotatable bonds is 7. The molecule has 136 valence electrons. The predicted octanol–water partition coefficient (Wildman–Crippen LogP) is 3.06. The van der Waals surface area contributed by atoms with Gasteiger partial charge in [0.25, 0.3) is 5.91 Å². The van der Waals surface area contributed by atoms with Gasteiger partial charge in [0.05, 0.1) is 27.0 Å². The van der Waals surface area contributed by atoms with Crippen molar-refractivity contribution in [2.75, 3.05) is 21.3 Å². The SMILES string of the molecule is COc1cc(OC)c(OC)cc1CNC(=O)c1c(C)noc1C(C)C. The summed E-state index contributed by atoms with van der Waals surface area (Å²) in [5.41, 5.74) is 1.82. The van der Waals surface area contributed by atoms with Crippen LogP contribution in [-0.4, -0.2) is 32.4 Å². The number of carbonyl (C=O) groups excluding carboxylic acids is 1. The molecule has 0 fully saturated rings. The number of nitrogens with one attached hydrogen (secondary N) is 1. The highest BCUT2D eigenvalue weighted by Gasteiger charge is 2.23. The second-order valence-electron chi connectivity index (χ2n) is 5.86. The Morgan fingerprint density at radius 3 is 2.28 bits per heavy atom. The molecule has 2 rings (SSSR count). The molecule has 0 spiro atoms. The average Bonchev–Trinajstić information content (AvgIpc) is 3.00. The second kappa shape index (κ2) is 7.92. The summed E-state index contributed by atoms with van der Waals surface area (Å²) in [7, 11) is 4.68. The third-order valence-electron chi connectivity index (χ3n) is 3.87. The van der Waals surface area contributed by atoms with Gasteiger partial charge in [-0.25, -0.2) is 0 Å². The molecule has 25 heavy (non-hydrogen) atoms. The summed E-state index contributed by atoms with van der Waals surface area (Å²) in [6, 6.07) is 3.51. The van der Waals surface area contributed by atoms with E-state index in [1.807, 2.05) is 13.8 Å². The molecule has 0 saturated heterocycles. The first kappa shape index (κ1) is 18.6. The van der Waals surface area contributed by atoms with Crippen LogP contribution in [0.2, 0.25) is 0 Å². The van der Waals surface area contributed by atoms with Gasteiger partial charge in [0.2, 0.25) is 0 Å². The van der Waals surface area contributed by atoms with Crippen LogP contribution in [0.4, 0.5) is 0 Å². The highest BCUT2D eigenvalue weighted by Crippen LogP contribution is 2.34. The lowest BCUT2D eigenvalue weighted by atomic mass is 10.0. The van der Waals surface area contributed by atoms with Crippen molar-refractivity contribution < 1.29 is 23.5 Å². The van der Waals surface area contributed by atoms with E-state index in [0.717, 1.165) is 5.56 Å². The smallest absolute Gasteiger partial charge is 0.257 e. The maximum atomic E-state index is 12.6. The van der Waals surface area contributed by atoms with Crippen molar-refractivity contribution in [3.63, 3.8) is 0 Å². The van der Waals surface area contributed by atoms with E-state index in [1.54, 1.807) is 40.4 Å². The molecule has 0 aliphatic rings. The molecule has 0 aliphatic carbocycles. The minimum Gasteiger partial charge on any atom is -0.496 e. The van der Waals surface area contributed by atoms with Crippen LogP contribution < -0.4 is 19.5 Å². The van der Waals surface area contributed by atoms with E-state index in [1.165, 1.54) is 0 Å². The van der Waals surface area contributed by atoms with Gasteiger partial charge in [-0.05, 0) is 13.0 Å². The van der Waals surface area contributed by atoms with Gasteiger partial charge in [-0.1, -0.05) is 19.0 Å². The summed E-state index contributed by atoms with van der Waals surface area (Å²) in [4.78, 5) is 12.6. The van der Waals surface area contributed by atoms with E-state index in [0.29, 0.717) is 34.3 Å². The van der Waals surface area contributed by atoms with Crippen LogP contribution in [-0.2, 0) is 6.54 Å². The van der Waals surface area contributed by atoms with Gasteiger partial charge >= 0.3 is 0 Å². The maximum Gasteiger partial charge on any atom is 0.257 e. The monoisotopic (exact) mass is 348 g/mol. The first-order valence-corrected chi connectivity index (χ1v) is 7.96. The molecule has 7 heteroatoms. The van der Waals surface area contributed by atoms with Crippen LogP contribution in [0.15, 0.2) is 16.7 Å². The number of nitrogens with zero attached hydrogens (tertiary/aromatic N) is 1. The van der Waals surface area contributed by atoms with Crippen molar-refractivity contribution in [2.24, 2.45) is 0 Å². The van der Waals surface area contributed by atoms with Gasteiger partial charge in [0.15, 0.2) is 17.3 Å². The van der Waals surface area contributed by atoms with Crippen LogP contribution in [0.1, 0.15) is 47.1 Å². The predicted molar refractivity (Wildman–Crippen MR) is 92.6 cm³/mol. The number of hydrogen-bond acceptors (Lipinski definition) is 6. The molecule has 1 heterocycles. The number of hydrogen-bond donors (Lipinski definition) is 1. The third-order valence-corrected chi connectivity index (χ3v) is 3.87. The van der Waals surface area contributed by atoms with Crippen molar-refractivity contribution in [3.8, 4) is 17.2 Å². The lowest BCUT2D eigenvalue weighted by Crippen LogP contribution is -2.24. The van der Waals surface area contributed by atoms with Gasteiger partial charge in [-0.3, -0.25) is 4.79 Å². The van der Waals surface area contributed by atoms with Crippen LogP contribution in [0, 0.1) is 6.92 Å². The molecule has 0 aliphatic heterocycles. The van der Waals surface area contributed by atoms with E-state index in [4.69, 9.17) is 18.7 Å². The number of amides is 1. The molecule has 7 nitrogen and oxygen atoms in total. The molecule has 1 N–H and O–H groups in total. The van der Waals surface area contributed by atoms with Crippen LogP contribution in [0.3, 0.4) is 0 Å². The van der Waals surface area contributed by atoms with E-state index in [-0.39, 0.29) is 18.4 Å². The maximum absolute atomic E-state index is 12.6. The van der Waals surface area contributed by atoms with Crippen LogP contribution >= 0.6 is 0 Å². The van der Waals surface area contributed by atoms with E-state index in [2.05, 4.69) is 10.5 Å². The lowest BCUT2D eigenvalue weighted by Gasteiger charge is -2.14. The minimum absolute atomic E-state index is 0.0672. The molecular weight excluding hydrogens is 324 g/mol. The molecule has 0 bridgehead atoms. The Morgan fingerprint density at radius 2 is 1.72 bits per heavy atom. The van der Waals surface area contributed by atoms with Crippen molar-refractivity contribution in [1.82, 2.24) is 10.5 Å². The largest absolute Gasteiger partial charge is 0.496 e. The first-order valence-electron chi connectivity index (χ1n) is 7.96. The molecule has 0 saturated carbocycles. The Balaban J connectivity index is 2.24. The van der Waals surface area contributed by atoms with Crippen LogP contribution in [0.5, 0.6) is 17.2 Å². The molecular formula is C18H24N2O5. The standard InChI is InChI=1S/C18H24N2O5/c1-10(2)17-16(11(3)20-25-17)18(21)19-9-12-7-14(23-5)15(24-6)8-13(12)22-4/h7-8,10H,9H2,1-6H3,(H,19,21). The Labute approximate surface area is 147 Å². The molecule has 1 aromatic heterocycles. The summed E-state index contributed by atoms with van der Waals surface area (Å²) in [6.07, 6.45) is 0. The zero-order chi connectivity index (χ0) is 18.6. The normalized spacial score (nSPS) is 10.7. The highest BCUT2D eigenvalue weighted by molar-refractivity contribution is 5.96. The Hall–Kier alpha value is -2.70. The Kier molecular flexibility index (Phi) is 5.90. The summed E-state index contributed by atoms with van der Waals surface area (Å²) < 4.78 is 21.2. The van der Waals surface area contributed by atoms with Crippen molar-refractivity contribution in [1.29, 1.82) is 0 Å². The van der Waals surface area contributed by atoms with Gasteiger partial charge in [0, 0.05) is 24.1 Å². The molecule has 0 radical (unpaired) electrons. The number of benzene rings is 1. The van der Waals surface area contributed by atoms with Crippen molar-refractivity contribution in [2.45, 2.75) is 33.2 Å². The summed E-state index contributed by atoms with van der Waals surface area (Å²) >= 11 is 0. The molecule has 2 aromatic rings. The number of methoxy groups -OCH3 is 3. The lowest BCUT2D eigenvalue weighted by molar-refractivity contribution is 0.0947. The quantitative estimate of drug-likeness (QED) is 0.828. The Bertz CT molecular complexity index is 752. The van der Waals surface area contributed by atoms with Crippen molar-refractivity contribution >= 4 is 5.91 Å². The topological polar surface area (TPSA) is 82.8 Å².